The number of methoxy groups -OCH3 is 1. The molecule has 0 saturated carbocycles. The fourth-order valence-electron chi connectivity index (χ4n) is 1.35. The normalized spacial score (nSPS) is 12.3. The van der Waals surface area contributed by atoms with E-state index < -0.39 is 0 Å². The fourth-order valence-corrected chi connectivity index (χ4v) is 1.77. The van der Waals surface area contributed by atoms with Crippen molar-refractivity contribution in [1.29, 1.82) is 0 Å². The molecule has 3 N–H and O–H groups in total. The van der Waals surface area contributed by atoms with Crippen LogP contribution in [-0.4, -0.2) is 25.6 Å². The van der Waals surface area contributed by atoms with E-state index in [9.17, 15) is 4.79 Å². The average Bonchev–Trinajstić information content (AvgIpc) is 2.35. The van der Waals surface area contributed by atoms with Gasteiger partial charge in [0.2, 0.25) is 0 Å². The predicted octanol–water partition coefficient (Wildman–Crippen LogP) is 2.17. The molecule has 5 heteroatoms. The van der Waals surface area contributed by atoms with Gasteiger partial charge in [0, 0.05) is 17.1 Å². The summed E-state index contributed by atoms with van der Waals surface area (Å²) in [7, 11) is 1.57. The molecule has 0 bridgehead atoms. The second-order valence-electron chi connectivity index (χ2n) is 4.46. The van der Waals surface area contributed by atoms with Crippen LogP contribution in [0.2, 0.25) is 0 Å². The highest BCUT2D eigenvalue weighted by Gasteiger charge is 2.13. The minimum Gasteiger partial charge on any atom is -0.497 e. The maximum atomic E-state index is 12.0. The van der Waals surface area contributed by atoms with E-state index >= 15 is 0 Å². The van der Waals surface area contributed by atoms with Crippen LogP contribution in [0.25, 0.3) is 0 Å². The molecule has 0 saturated heterocycles. The molecule has 1 aromatic rings. The number of hydrogen-bond donors (Lipinski definition) is 2. The van der Waals surface area contributed by atoms with Crippen molar-refractivity contribution in [1.82, 2.24) is 5.32 Å². The van der Waals surface area contributed by atoms with Crippen molar-refractivity contribution in [3.63, 3.8) is 0 Å². The number of nitrogens with two attached hydrogens (primary N) is 1. The summed E-state index contributed by atoms with van der Waals surface area (Å²) in [5, 5.41) is 2.82. The quantitative estimate of drug-likeness (QED) is 0.875. The van der Waals surface area contributed by atoms with Crippen LogP contribution in [0, 0.1) is 5.92 Å². The molecule has 0 heterocycles. The van der Waals surface area contributed by atoms with Gasteiger partial charge in [-0.05, 0) is 40.0 Å². The van der Waals surface area contributed by atoms with Crippen molar-refractivity contribution in [2.45, 2.75) is 19.9 Å². The second-order valence-corrected chi connectivity index (χ2v) is 5.32. The average molecular weight is 315 g/mol. The highest BCUT2D eigenvalue weighted by atomic mass is 79.9. The summed E-state index contributed by atoms with van der Waals surface area (Å²) >= 11 is 3.35. The topological polar surface area (TPSA) is 64.3 Å². The van der Waals surface area contributed by atoms with Crippen LogP contribution in [0.1, 0.15) is 24.2 Å². The molecule has 100 valence electrons. The standard InChI is InChI=1S/C13H19BrN2O2/c1-8(2)12(15)7-16-13(17)10-6-9(18-3)4-5-11(10)14/h4-6,8,12H,7,15H2,1-3H3,(H,16,17). The van der Waals surface area contributed by atoms with Gasteiger partial charge < -0.3 is 15.8 Å². The predicted molar refractivity (Wildman–Crippen MR) is 75.8 cm³/mol. The molecule has 1 aromatic carbocycles. The van der Waals surface area contributed by atoms with Crippen molar-refractivity contribution in [2.75, 3.05) is 13.7 Å². The van der Waals surface area contributed by atoms with E-state index in [0.29, 0.717) is 23.8 Å². The number of nitrogens with one attached hydrogen (secondary N) is 1. The first-order valence-electron chi connectivity index (χ1n) is 5.83. The van der Waals surface area contributed by atoms with Crippen LogP contribution in [0.15, 0.2) is 22.7 Å². The lowest BCUT2D eigenvalue weighted by Crippen LogP contribution is -2.40. The lowest BCUT2D eigenvalue weighted by Gasteiger charge is -2.16. The first kappa shape index (κ1) is 15.0. The van der Waals surface area contributed by atoms with Crippen molar-refractivity contribution in [2.24, 2.45) is 11.7 Å². The number of hydrogen-bond acceptors (Lipinski definition) is 3. The third-order valence-electron chi connectivity index (χ3n) is 2.77. The Hall–Kier alpha value is -1.07. The Labute approximate surface area is 116 Å². The van der Waals surface area contributed by atoms with Gasteiger partial charge in [-0.3, -0.25) is 4.79 Å². The number of ether oxygens (including phenoxy) is 1. The largest absolute Gasteiger partial charge is 0.497 e. The van der Waals surface area contributed by atoms with Crippen molar-refractivity contribution >= 4 is 21.8 Å². The Morgan fingerprint density at radius 2 is 2.17 bits per heavy atom. The van der Waals surface area contributed by atoms with E-state index in [1.807, 2.05) is 13.8 Å². The number of carbonyl (C=O) groups is 1. The monoisotopic (exact) mass is 314 g/mol. The third-order valence-corrected chi connectivity index (χ3v) is 3.46. The highest BCUT2D eigenvalue weighted by Crippen LogP contribution is 2.22. The second kappa shape index (κ2) is 6.75. The minimum absolute atomic E-state index is 0.0432. The molecule has 4 nitrogen and oxygen atoms in total. The smallest absolute Gasteiger partial charge is 0.252 e. The summed E-state index contributed by atoms with van der Waals surface area (Å²) in [6.45, 7) is 4.51. The van der Waals surface area contributed by atoms with E-state index in [4.69, 9.17) is 10.5 Å². The Morgan fingerprint density at radius 3 is 2.72 bits per heavy atom. The molecule has 0 aliphatic heterocycles. The Bertz CT molecular complexity index is 421. The first-order valence-corrected chi connectivity index (χ1v) is 6.62. The van der Waals surface area contributed by atoms with Crippen LogP contribution < -0.4 is 15.8 Å². The van der Waals surface area contributed by atoms with Gasteiger partial charge in [0.15, 0.2) is 0 Å². The van der Waals surface area contributed by atoms with Gasteiger partial charge in [-0.15, -0.1) is 0 Å². The van der Waals surface area contributed by atoms with E-state index in [-0.39, 0.29) is 11.9 Å². The molecule has 1 unspecified atom stereocenters. The fraction of sp³-hybridized carbons (Fsp3) is 0.462. The summed E-state index contributed by atoms with van der Waals surface area (Å²) in [5.41, 5.74) is 6.43. The summed E-state index contributed by atoms with van der Waals surface area (Å²) in [6.07, 6.45) is 0. The SMILES string of the molecule is COc1ccc(Br)c(C(=O)NCC(N)C(C)C)c1. The zero-order chi connectivity index (χ0) is 13.7. The van der Waals surface area contributed by atoms with Gasteiger partial charge in [-0.2, -0.15) is 0 Å². The van der Waals surface area contributed by atoms with Crippen LogP contribution in [-0.2, 0) is 0 Å². The van der Waals surface area contributed by atoms with E-state index in [1.165, 1.54) is 0 Å². The molecule has 18 heavy (non-hydrogen) atoms. The Kier molecular flexibility index (Phi) is 5.62. The first-order chi connectivity index (χ1) is 8.45. The zero-order valence-electron chi connectivity index (χ0n) is 10.9. The summed E-state index contributed by atoms with van der Waals surface area (Å²) in [6, 6.07) is 5.23. The molecule has 0 radical (unpaired) electrons. The minimum atomic E-state index is -0.156. The molecule has 0 spiro atoms. The molecular weight excluding hydrogens is 296 g/mol. The molecule has 0 aliphatic carbocycles. The lowest BCUT2D eigenvalue weighted by molar-refractivity contribution is 0.0948. The van der Waals surface area contributed by atoms with E-state index in [2.05, 4.69) is 21.2 Å². The van der Waals surface area contributed by atoms with Gasteiger partial charge in [0.25, 0.3) is 5.91 Å². The van der Waals surface area contributed by atoms with Crippen LogP contribution in [0.3, 0.4) is 0 Å². The third kappa shape index (κ3) is 3.99. The zero-order valence-corrected chi connectivity index (χ0v) is 12.5. The number of benzene rings is 1. The van der Waals surface area contributed by atoms with Gasteiger partial charge in [-0.25, -0.2) is 0 Å². The summed E-state index contributed by atoms with van der Waals surface area (Å²) in [4.78, 5) is 12.0. The number of halogens is 1. The Balaban J connectivity index is 2.72. The van der Waals surface area contributed by atoms with Crippen LogP contribution in [0.4, 0.5) is 0 Å². The van der Waals surface area contributed by atoms with Gasteiger partial charge >= 0.3 is 0 Å². The van der Waals surface area contributed by atoms with Crippen LogP contribution in [0.5, 0.6) is 5.75 Å². The van der Waals surface area contributed by atoms with Crippen molar-refractivity contribution < 1.29 is 9.53 Å². The number of amides is 1. The molecule has 1 rings (SSSR count). The molecule has 1 amide bonds. The maximum Gasteiger partial charge on any atom is 0.252 e. The van der Waals surface area contributed by atoms with Gasteiger partial charge in [0.1, 0.15) is 5.75 Å². The number of carbonyl (C=O) groups excluding carboxylic acids is 1. The Morgan fingerprint density at radius 1 is 1.50 bits per heavy atom. The number of rotatable bonds is 5. The van der Waals surface area contributed by atoms with Gasteiger partial charge in [-0.1, -0.05) is 13.8 Å². The molecule has 0 aromatic heterocycles. The summed E-state index contributed by atoms with van der Waals surface area (Å²) in [5.74, 6) is 0.826. The summed E-state index contributed by atoms with van der Waals surface area (Å²) < 4.78 is 5.83. The molecular formula is C13H19BrN2O2. The van der Waals surface area contributed by atoms with Gasteiger partial charge in [0.05, 0.1) is 12.7 Å². The maximum absolute atomic E-state index is 12.0. The molecule has 1 atom stereocenters. The van der Waals surface area contributed by atoms with E-state index in [1.54, 1.807) is 25.3 Å². The molecule has 0 aliphatic rings. The highest BCUT2D eigenvalue weighted by molar-refractivity contribution is 9.10. The molecule has 0 fully saturated rings. The van der Waals surface area contributed by atoms with Crippen LogP contribution >= 0.6 is 15.9 Å². The lowest BCUT2D eigenvalue weighted by atomic mass is 10.1. The van der Waals surface area contributed by atoms with Crippen molar-refractivity contribution in [3.05, 3.63) is 28.2 Å². The van der Waals surface area contributed by atoms with E-state index in [0.717, 1.165) is 4.47 Å². The van der Waals surface area contributed by atoms with Crippen molar-refractivity contribution in [3.8, 4) is 5.75 Å².